The van der Waals surface area contributed by atoms with E-state index in [1.54, 1.807) is 48.5 Å². The van der Waals surface area contributed by atoms with Gasteiger partial charge in [-0.2, -0.15) is 0 Å². The van der Waals surface area contributed by atoms with Crippen molar-refractivity contribution in [3.8, 4) is 0 Å². The molecule has 1 unspecified atom stereocenters. The first-order valence-corrected chi connectivity index (χ1v) is 9.99. The van der Waals surface area contributed by atoms with Crippen LogP contribution in [0.25, 0.3) is 0 Å². The van der Waals surface area contributed by atoms with Crippen LogP contribution >= 0.6 is 23.2 Å². The fourth-order valence-corrected chi connectivity index (χ4v) is 3.33. The number of esters is 2. The van der Waals surface area contributed by atoms with Gasteiger partial charge in [-0.05, 0) is 24.3 Å². The molecule has 0 saturated heterocycles. The highest BCUT2D eigenvalue weighted by atomic mass is 35.5. The number of hydrogen-bond donors (Lipinski definition) is 1. The molecule has 0 saturated carbocycles. The quantitative estimate of drug-likeness (QED) is 0.422. The minimum atomic E-state index is -1.38. The van der Waals surface area contributed by atoms with Gasteiger partial charge in [-0.15, -0.1) is 0 Å². The van der Waals surface area contributed by atoms with Crippen molar-refractivity contribution in [2.24, 2.45) is 0 Å². The Morgan fingerprint density at radius 3 is 2.29 bits per heavy atom. The molecule has 0 bridgehead atoms. The van der Waals surface area contributed by atoms with E-state index >= 15 is 0 Å². The van der Waals surface area contributed by atoms with Crippen LogP contribution in [0.3, 0.4) is 0 Å². The van der Waals surface area contributed by atoms with Crippen LogP contribution in [0, 0.1) is 5.82 Å². The van der Waals surface area contributed by atoms with E-state index in [4.69, 9.17) is 32.7 Å². The van der Waals surface area contributed by atoms with E-state index in [1.165, 1.54) is 25.1 Å². The predicted octanol–water partition coefficient (Wildman–Crippen LogP) is 6.22. The molecule has 1 N–H and O–H groups in total. The Hall–Kier alpha value is -3.09. The van der Waals surface area contributed by atoms with Crippen LogP contribution in [0.2, 0.25) is 10.0 Å². The van der Waals surface area contributed by atoms with E-state index in [1.807, 2.05) is 0 Å². The molecule has 3 aromatic carbocycles. The van der Waals surface area contributed by atoms with Crippen LogP contribution in [0.1, 0.15) is 24.2 Å². The molecule has 3 rings (SSSR count). The molecule has 0 aromatic heterocycles. The summed E-state index contributed by atoms with van der Waals surface area (Å²) in [6, 6.07) is 17.6. The van der Waals surface area contributed by atoms with Crippen molar-refractivity contribution in [2.45, 2.75) is 19.6 Å². The van der Waals surface area contributed by atoms with Crippen LogP contribution in [-0.4, -0.2) is 11.9 Å². The van der Waals surface area contributed by atoms with Gasteiger partial charge in [-0.25, -0.2) is 9.18 Å². The molecule has 0 radical (unpaired) electrons. The highest BCUT2D eigenvalue weighted by molar-refractivity contribution is 6.39. The molecule has 0 spiro atoms. The minimum absolute atomic E-state index is 0.201. The summed E-state index contributed by atoms with van der Waals surface area (Å²) >= 11 is 12.5. The smallest absolute Gasteiger partial charge is 0.352 e. The molecule has 1 atom stereocenters. The van der Waals surface area contributed by atoms with E-state index in [-0.39, 0.29) is 12.2 Å². The third-order valence-electron chi connectivity index (χ3n) is 4.29. The monoisotopic (exact) mass is 461 g/mol. The standard InChI is InChI=1S/C23H18Cl2FNO4/c1-14(28)31-22(23(29)30-13-15-7-2-4-11-19(15)26)16-8-3-5-12-20(16)27-21-17(24)9-6-10-18(21)25/h2-12,22,27H,13H2,1H3. The van der Waals surface area contributed by atoms with Crippen LogP contribution in [0.15, 0.2) is 66.7 Å². The predicted molar refractivity (Wildman–Crippen MR) is 117 cm³/mol. The van der Waals surface area contributed by atoms with Crippen LogP contribution in [-0.2, 0) is 25.7 Å². The van der Waals surface area contributed by atoms with E-state index in [9.17, 15) is 14.0 Å². The zero-order valence-corrected chi connectivity index (χ0v) is 17.9. The van der Waals surface area contributed by atoms with Crippen LogP contribution in [0.4, 0.5) is 15.8 Å². The van der Waals surface area contributed by atoms with Crippen molar-refractivity contribution in [1.29, 1.82) is 0 Å². The van der Waals surface area contributed by atoms with Crippen LogP contribution < -0.4 is 5.32 Å². The summed E-state index contributed by atoms with van der Waals surface area (Å²) in [5, 5.41) is 3.82. The number of para-hydroxylation sites is 2. The first-order valence-electron chi connectivity index (χ1n) is 9.24. The van der Waals surface area contributed by atoms with Gasteiger partial charge in [-0.3, -0.25) is 4.79 Å². The number of anilines is 2. The highest BCUT2D eigenvalue weighted by Crippen LogP contribution is 2.36. The van der Waals surface area contributed by atoms with E-state index in [0.717, 1.165) is 0 Å². The second-order valence-corrected chi connectivity index (χ2v) is 7.31. The zero-order chi connectivity index (χ0) is 22.4. The molecule has 0 aliphatic carbocycles. The summed E-state index contributed by atoms with van der Waals surface area (Å²) in [5.41, 5.74) is 1.39. The molecule has 3 aromatic rings. The summed E-state index contributed by atoms with van der Waals surface area (Å²) in [5.74, 6) is -2.04. The number of halogens is 3. The zero-order valence-electron chi connectivity index (χ0n) is 16.4. The molecular weight excluding hydrogens is 444 g/mol. The summed E-state index contributed by atoms with van der Waals surface area (Å²) in [6.45, 7) is 0.868. The maximum Gasteiger partial charge on any atom is 0.352 e. The van der Waals surface area contributed by atoms with Gasteiger partial charge in [0, 0.05) is 23.7 Å². The summed E-state index contributed by atoms with van der Waals surface area (Å²) < 4.78 is 24.3. The number of carbonyl (C=O) groups is 2. The Balaban J connectivity index is 1.89. The number of rotatable bonds is 7. The van der Waals surface area contributed by atoms with Crippen molar-refractivity contribution in [1.82, 2.24) is 0 Å². The average molecular weight is 462 g/mol. The summed E-state index contributed by atoms with van der Waals surface area (Å²) in [6.07, 6.45) is -1.38. The first-order chi connectivity index (χ1) is 14.9. The second-order valence-electron chi connectivity index (χ2n) is 6.50. The van der Waals surface area contributed by atoms with Gasteiger partial charge < -0.3 is 14.8 Å². The molecule has 0 aliphatic rings. The third kappa shape index (κ3) is 5.75. The summed E-state index contributed by atoms with van der Waals surface area (Å²) in [7, 11) is 0. The van der Waals surface area contributed by atoms with Crippen molar-refractivity contribution in [3.63, 3.8) is 0 Å². The second kappa shape index (κ2) is 10.3. The maximum atomic E-state index is 13.8. The number of nitrogens with one attached hydrogen (secondary N) is 1. The molecule has 31 heavy (non-hydrogen) atoms. The Morgan fingerprint density at radius 2 is 1.61 bits per heavy atom. The number of ether oxygens (including phenoxy) is 2. The van der Waals surface area contributed by atoms with Crippen molar-refractivity contribution < 1.29 is 23.5 Å². The molecule has 5 nitrogen and oxygen atoms in total. The molecule has 0 amide bonds. The minimum Gasteiger partial charge on any atom is -0.458 e. The average Bonchev–Trinajstić information content (AvgIpc) is 2.74. The third-order valence-corrected chi connectivity index (χ3v) is 4.92. The lowest BCUT2D eigenvalue weighted by atomic mass is 10.1. The van der Waals surface area contributed by atoms with E-state index in [0.29, 0.717) is 27.0 Å². The van der Waals surface area contributed by atoms with Gasteiger partial charge in [0.2, 0.25) is 6.10 Å². The van der Waals surface area contributed by atoms with Gasteiger partial charge in [0.1, 0.15) is 12.4 Å². The molecule has 8 heteroatoms. The van der Waals surface area contributed by atoms with Gasteiger partial charge in [0.05, 0.1) is 15.7 Å². The number of carbonyl (C=O) groups excluding carboxylic acids is 2. The molecule has 0 fully saturated rings. The topological polar surface area (TPSA) is 64.6 Å². The van der Waals surface area contributed by atoms with Crippen molar-refractivity contribution in [3.05, 3.63) is 93.7 Å². The van der Waals surface area contributed by atoms with Crippen molar-refractivity contribution >= 4 is 46.5 Å². The van der Waals surface area contributed by atoms with E-state index in [2.05, 4.69) is 5.32 Å². The Labute approximate surface area is 188 Å². The van der Waals surface area contributed by atoms with Crippen LogP contribution in [0.5, 0.6) is 0 Å². The lowest BCUT2D eigenvalue weighted by Crippen LogP contribution is -2.22. The molecule has 0 aliphatic heterocycles. The van der Waals surface area contributed by atoms with Gasteiger partial charge in [-0.1, -0.05) is 65.7 Å². The number of hydrogen-bond acceptors (Lipinski definition) is 5. The van der Waals surface area contributed by atoms with Gasteiger partial charge >= 0.3 is 11.9 Å². The lowest BCUT2D eigenvalue weighted by Gasteiger charge is -2.20. The Bertz CT molecular complexity index is 1090. The molecule has 160 valence electrons. The number of benzene rings is 3. The first kappa shape index (κ1) is 22.6. The SMILES string of the molecule is CC(=O)OC(C(=O)OCc1ccccc1F)c1ccccc1Nc1c(Cl)cccc1Cl. The fraction of sp³-hybridized carbons (Fsp3) is 0.130. The maximum absolute atomic E-state index is 13.8. The normalized spacial score (nSPS) is 11.5. The molecule has 0 heterocycles. The van der Waals surface area contributed by atoms with E-state index < -0.39 is 23.9 Å². The highest BCUT2D eigenvalue weighted by Gasteiger charge is 2.28. The fourth-order valence-electron chi connectivity index (χ4n) is 2.84. The Kier molecular flexibility index (Phi) is 7.50. The molecular formula is C23H18Cl2FNO4. The lowest BCUT2D eigenvalue weighted by molar-refractivity contribution is -0.168. The van der Waals surface area contributed by atoms with Crippen molar-refractivity contribution in [2.75, 3.05) is 5.32 Å². The van der Waals surface area contributed by atoms with Gasteiger partial charge in [0.15, 0.2) is 0 Å². The largest absolute Gasteiger partial charge is 0.458 e. The Morgan fingerprint density at radius 1 is 0.968 bits per heavy atom. The van der Waals surface area contributed by atoms with Gasteiger partial charge in [0.25, 0.3) is 0 Å². The summed E-state index contributed by atoms with van der Waals surface area (Å²) in [4.78, 5) is 24.5.